The standard InChI is InChI=1S/C17H22N2/c1-12(2)19-10-6-9-17-15(11-19)13(3)14-7-4-5-8-16(14)18-17/h4-5,7-8,12H,6,9-11H2,1-3H3. The van der Waals surface area contributed by atoms with Crippen molar-refractivity contribution in [3.63, 3.8) is 0 Å². The molecule has 2 heterocycles. The number of hydrogen-bond acceptors (Lipinski definition) is 2. The van der Waals surface area contributed by atoms with E-state index >= 15 is 0 Å². The zero-order valence-corrected chi connectivity index (χ0v) is 12.1. The predicted octanol–water partition coefficient (Wildman–Crippen LogP) is 3.70. The fourth-order valence-corrected chi connectivity index (χ4v) is 3.07. The van der Waals surface area contributed by atoms with Crippen molar-refractivity contribution in [2.45, 2.75) is 46.2 Å². The molecule has 1 aromatic heterocycles. The largest absolute Gasteiger partial charge is 0.297 e. The van der Waals surface area contributed by atoms with E-state index in [1.807, 2.05) is 0 Å². The van der Waals surface area contributed by atoms with Gasteiger partial charge < -0.3 is 0 Å². The Labute approximate surface area is 115 Å². The molecular formula is C17H22N2. The highest BCUT2D eigenvalue weighted by atomic mass is 15.1. The summed E-state index contributed by atoms with van der Waals surface area (Å²) in [5, 5.41) is 1.31. The molecule has 0 fully saturated rings. The Morgan fingerprint density at radius 3 is 2.79 bits per heavy atom. The second-order valence-electron chi connectivity index (χ2n) is 5.85. The highest BCUT2D eigenvalue weighted by Gasteiger charge is 2.20. The highest BCUT2D eigenvalue weighted by molar-refractivity contribution is 5.83. The maximum atomic E-state index is 4.90. The van der Waals surface area contributed by atoms with Gasteiger partial charge in [0.1, 0.15) is 0 Å². The molecule has 2 aromatic rings. The summed E-state index contributed by atoms with van der Waals surface area (Å²) < 4.78 is 0. The van der Waals surface area contributed by atoms with Crippen molar-refractivity contribution in [1.82, 2.24) is 9.88 Å². The first-order valence-corrected chi connectivity index (χ1v) is 7.28. The molecule has 0 spiro atoms. The first-order valence-electron chi connectivity index (χ1n) is 7.28. The zero-order chi connectivity index (χ0) is 13.4. The maximum absolute atomic E-state index is 4.90. The van der Waals surface area contributed by atoms with Crippen molar-refractivity contribution in [3.8, 4) is 0 Å². The Kier molecular flexibility index (Phi) is 3.28. The van der Waals surface area contributed by atoms with E-state index in [9.17, 15) is 0 Å². The van der Waals surface area contributed by atoms with Crippen molar-refractivity contribution in [2.24, 2.45) is 0 Å². The van der Waals surface area contributed by atoms with Gasteiger partial charge in [-0.3, -0.25) is 9.88 Å². The van der Waals surface area contributed by atoms with Crippen LogP contribution in [0, 0.1) is 6.92 Å². The lowest BCUT2D eigenvalue weighted by molar-refractivity contribution is 0.216. The third-order valence-corrected chi connectivity index (χ3v) is 4.31. The van der Waals surface area contributed by atoms with E-state index in [2.05, 4.69) is 49.9 Å². The van der Waals surface area contributed by atoms with Crippen LogP contribution in [-0.4, -0.2) is 22.5 Å². The predicted molar refractivity (Wildman–Crippen MR) is 80.3 cm³/mol. The molecule has 0 aliphatic carbocycles. The molecule has 0 saturated carbocycles. The monoisotopic (exact) mass is 254 g/mol. The lowest BCUT2D eigenvalue weighted by Gasteiger charge is -2.25. The van der Waals surface area contributed by atoms with Crippen LogP contribution in [0.3, 0.4) is 0 Å². The molecule has 0 amide bonds. The van der Waals surface area contributed by atoms with Gasteiger partial charge in [-0.1, -0.05) is 18.2 Å². The van der Waals surface area contributed by atoms with Crippen molar-refractivity contribution in [2.75, 3.05) is 6.54 Å². The van der Waals surface area contributed by atoms with E-state index < -0.39 is 0 Å². The van der Waals surface area contributed by atoms with Gasteiger partial charge in [0.2, 0.25) is 0 Å². The minimum atomic E-state index is 0.608. The molecule has 0 radical (unpaired) electrons. The van der Waals surface area contributed by atoms with E-state index in [4.69, 9.17) is 4.98 Å². The SMILES string of the molecule is Cc1c2c(nc3ccccc13)CCCN(C(C)C)C2. The number of aromatic nitrogens is 1. The molecule has 100 valence electrons. The summed E-state index contributed by atoms with van der Waals surface area (Å²) in [5.74, 6) is 0. The van der Waals surface area contributed by atoms with Crippen LogP contribution in [-0.2, 0) is 13.0 Å². The third kappa shape index (κ3) is 2.25. The number of hydrogen-bond donors (Lipinski definition) is 0. The van der Waals surface area contributed by atoms with Crippen LogP contribution < -0.4 is 0 Å². The summed E-state index contributed by atoms with van der Waals surface area (Å²) in [6, 6.07) is 9.13. The Morgan fingerprint density at radius 1 is 1.21 bits per heavy atom. The van der Waals surface area contributed by atoms with Crippen LogP contribution in [0.5, 0.6) is 0 Å². The summed E-state index contributed by atoms with van der Waals surface area (Å²) in [6.45, 7) is 9.07. The minimum Gasteiger partial charge on any atom is -0.297 e. The number of nitrogens with zero attached hydrogens (tertiary/aromatic N) is 2. The highest BCUT2D eigenvalue weighted by Crippen LogP contribution is 2.27. The Bertz CT molecular complexity index is 601. The summed E-state index contributed by atoms with van der Waals surface area (Å²) in [7, 11) is 0. The Morgan fingerprint density at radius 2 is 2.00 bits per heavy atom. The van der Waals surface area contributed by atoms with Crippen LogP contribution in [0.25, 0.3) is 10.9 Å². The van der Waals surface area contributed by atoms with E-state index in [1.165, 1.54) is 35.2 Å². The lowest BCUT2D eigenvalue weighted by Crippen LogP contribution is -2.30. The molecule has 1 aliphatic heterocycles. The second-order valence-corrected chi connectivity index (χ2v) is 5.85. The van der Waals surface area contributed by atoms with Gasteiger partial charge in [-0.2, -0.15) is 0 Å². The molecule has 0 unspecified atom stereocenters. The van der Waals surface area contributed by atoms with Gasteiger partial charge in [0.15, 0.2) is 0 Å². The van der Waals surface area contributed by atoms with Crippen LogP contribution >= 0.6 is 0 Å². The van der Waals surface area contributed by atoms with Gasteiger partial charge in [0.25, 0.3) is 0 Å². The van der Waals surface area contributed by atoms with E-state index in [1.54, 1.807) is 0 Å². The van der Waals surface area contributed by atoms with Crippen molar-refractivity contribution in [3.05, 3.63) is 41.1 Å². The van der Waals surface area contributed by atoms with Crippen LogP contribution in [0.1, 0.15) is 37.1 Å². The van der Waals surface area contributed by atoms with Crippen molar-refractivity contribution >= 4 is 10.9 Å². The summed E-state index contributed by atoms with van der Waals surface area (Å²) in [6.07, 6.45) is 2.33. The molecule has 1 aromatic carbocycles. The third-order valence-electron chi connectivity index (χ3n) is 4.31. The molecule has 0 saturated heterocycles. The average Bonchev–Trinajstić information content (AvgIpc) is 2.62. The molecule has 0 atom stereocenters. The van der Waals surface area contributed by atoms with Gasteiger partial charge in [-0.05, 0) is 57.4 Å². The fraction of sp³-hybridized carbons (Fsp3) is 0.471. The summed E-state index contributed by atoms with van der Waals surface area (Å²) in [5.41, 5.74) is 5.36. The van der Waals surface area contributed by atoms with E-state index in [0.717, 1.165) is 18.5 Å². The Balaban J connectivity index is 2.15. The van der Waals surface area contributed by atoms with Crippen LogP contribution in [0.4, 0.5) is 0 Å². The maximum Gasteiger partial charge on any atom is 0.0708 e. The zero-order valence-electron chi connectivity index (χ0n) is 12.1. The first-order chi connectivity index (χ1) is 9.16. The average molecular weight is 254 g/mol. The molecule has 2 nitrogen and oxygen atoms in total. The number of pyridine rings is 1. The molecule has 0 bridgehead atoms. The van der Waals surface area contributed by atoms with E-state index in [-0.39, 0.29) is 0 Å². The smallest absolute Gasteiger partial charge is 0.0708 e. The normalized spacial score (nSPS) is 16.6. The number of fused-ring (bicyclic) bond motifs is 2. The number of rotatable bonds is 1. The number of para-hydroxylation sites is 1. The Hall–Kier alpha value is -1.41. The molecule has 0 N–H and O–H groups in total. The van der Waals surface area contributed by atoms with Gasteiger partial charge in [0, 0.05) is 23.7 Å². The van der Waals surface area contributed by atoms with E-state index in [0.29, 0.717) is 6.04 Å². The van der Waals surface area contributed by atoms with Gasteiger partial charge in [-0.25, -0.2) is 0 Å². The lowest BCUT2D eigenvalue weighted by atomic mass is 10.00. The van der Waals surface area contributed by atoms with Gasteiger partial charge in [0.05, 0.1) is 5.52 Å². The summed E-state index contributed by atoms with van der Waals surface area (Å²) in [4.78, 5) is 7.47. The first kappa shape index (κ1) is 12.6. The fourth-order valence-electron chi connectivity index (χ4n) is 3.07. The summed E-state index contributed by atoms with van der Waals surface area (Å²) >= 11 is 0. The molecule has 2 heteroatoms. The topological polar surface area (TPSA) is 16.1 Å². The number of benzene rings is 1. The van der Waals surface area contributed by atoms with Crippen molar-refractivity contribution in [1.29, 1.82) is 0 Å². The quantitative estimate of drug-likeness (QED) is 0.771. The molecule has 3 rings (SSSR count). The van der Waals surface area contributed by atoms with Gasteiger partial charge in [-0.15, -0.1) is 0 Å². The minimum absolute atomic E-state index is 0.608. The van der Waals surface area contributed by atoms with Crippen LogP contribution in [0.15, 0.2) is 24.3 Å². The molecule has 19 heavy (non-hydrogen) atoms. The van der Waals surface area contributed by atoms with Crippen molar-refractivity contribution < 1.29 is 0 Å². The second kappa shape index (κ2) is 4.93. The van der Waals surface area contributed by atoms with Crippen LogP contribution in [0.2, 0.25) is 0 Å². The number of aryl methyl sites for hydroxylation is 2. The molecule has 1 aliphatic rings. The van der Waals surface area contributed by atoms with Gasteiger partial charge >= 0.3 is 0 Å². The molecular weight excluding hydrogens is 232 g/mol.